The molecule has 0 saturated carbocycles. The predicted octanol–water partition coefficient (Wildman–Crippen LogP) is 6.10. The summed E-state index contributed by atoms with van der Waals surface area (Å²) >= 11 is 0. The molecule has 0 fully saturated rings. The van der Waals surface area contributed by atoms with Gasteiger partial charge in [-0.3, -0.25) is 20.0 Å². The van der Waals surface area contributed by atoms with Gasteiger partial charge in [0.25, 0.3) is 0 Å². The van der Waals surface area contributed by atoms with Crippen molar-refractivity contribution in [2.75, 3.05) is 0 Å². The Kier molecular flexibility index (Phi) is 16.9. The molecule has 0 spiro atoms. The van der Waals surface area contributed by atoms with Crippen molar-refractivity contribution in [2.45, 2.75) is 207 Å². The third-order valence-corrected chi connectivity index (χ3v) is 18.9. The first-order valence-electron chi connectivity index (χ1n) is 16.1. The van der Waals surface area contributed by atoms with Gasteiger partial charge in [-0.25, -0.2) is 0 Å². The lowest BCUT2D eigenvalue weighted by atomic mass is 10.2. The predicted molar refractivity (Wildman–Crippen MR) is 252 cm³/mol. The number of nitrogens with one attached hydrogen (secondary N) is 4. The Hall–Kier alpha value is 1.95. The van der Waals surface area contributed by atoms with Crippen LogP contribution in [0.25, 0.3) is 0 Å². The second-order valence-electron chi connectivity index (χ2n) is 19.7. The third kappa shape index (κ3) is 11.5. The molecule has 46 heavy (non-hydrogen) atoms. The molecule has 0 aromatic rings. The molecule has 0 atom stereocenters. The second kappa shape index (κ2) is 15.5. The van der Waals surface area contributed by atoms with E-state index in [1.54, 1.807) is 0 Å². The number of hydrogen-bond donors (Lipinski definition) is 4. The summed E-state index contributed by atoms with van der Waals surface area (Å²) in [6.45, 7) is 59.2. The van der Waals surface area contributed by atoms with Crippen molar-refractivity contribution < 1.29 is 0 Å². The van der Waals surface area contributed by atoms with Gasteiger partial charge < -0.3 is 0 Å². The number of hydrogen-bond acceptors (Lipinski definition) is 4. The van der Waals surface area contributed by atoms with E-state index in [0.29, 0.717) is 41.2 Å². The average molecular weight is 720 g/mol. The first-order chi connectivity index (χ1) is 19.4. The lowest BCUT2D eigenvalue weighted by molar-refractivity contribution is 0.689. The lowest BCUT2D eigenvalue weighted by Gasteiger charge is -2.54. The molecule has 0 bridgehead atoms. The van der Waals surface area contributed by atoms with Gasteiger partial charge in [0, 0.05) is 41.2 Å². The molecular weight excluding hydrogens is 629 g/mol. The van der Waals surface area contributed by atoms with E-state index in [1.807, 2.05) is 0 Å². The van der Waals surface area contributed by atoms with Crippen LogP contribution >= 0.6 is 29.2 Å². The number of rotatable bonds is 8. The molecule has 0 aromatic carbocycles. The van der Waals surface area contributed by atoms with Crippen LogP contribution < -0.4 is 20.0 Å². The van der Waals surface area contributed by atoms with E-state index in [-0.39, 0.29) is 30.3 Å². The minimum Gasteiger partial charge on any atom is -0.256 e. The van der Waals surface area contributed by atoms with Gasteiger partial charge in [0.2, 0.25) is 0 Å². The molecule has 0 aliphatic carbocycles. The van der Waals surface area contributed by atoms with Crippen LogP contribution in [0.2, 0.25) is 0 Å². The molecule has 0 radical (unpaired) electrons. The molecule has 0 aliphatic rings. The van der Waals surface area contributed by atoms with Gasteiger partial charge in [-0.05, 0) is 166 Å². The zero-order valence-electron chi connectivity index (χ0n) is 33.2. The summed E-state index contributed by atoms with van der Waals surface area (Å²) in [7, 11) is -1.05. The van der Waals surface area contributed by atoms with Gasteiger partial charge in [-0.1, -0.05) is 29.2 Å². The molecule has 0 saturated heterocycles. The van der Waals surface area contributed by atoms with Crippen molar-refractivity contribution in [3.8, 4) is 0 Å². The highest BCUT2D eigenvalue weighted by Crippen LogP contribution is 2.73. The maximum Gasteiger partial charge on any atom is 0.352 e. The molecule has 4 N–H and O–H groups in total. The Labute approximate surface area is 300 Å². The molecule has 276 valence electrons. The first-order valence-corrected chi connectivity index (χ1v) is 21.5. The molecule has 0 unspecified atom stereocenters. The van der Waals surface area contributed by atoms with E-state index >= 15 is 0 Å². The van der Waals surface area contributed by atoms with Crippen LogP contribution in [0.15, 0.2) is 0 Å². The molecule has 0 heterocycles. The van der Waals surface area contributed by atoms with E-state index in [1.165, 1.54) is 0 Å². The van der Waals surface area contributed by atoms with Gasteiger partial charge >= 0.3 is 15.1 Å². The fraction of sp³-hybridized carbons (Fsp3) is 1.00. The molecular formula is C32H90B6N4P4. The molecule has 4 nitrogen and oxygen atoms in total. The lowest BCUT2D eigenvalue weighted by Crippen LogP contribution is -2.50. The standard InChI is InChI=1S/2C16H45B3N2P2/c2*1-13(2,3)22(17,14(4,5)6)20-19-21-23(18,15(7,8)9)16(10,11)12/h2*19-21H,1-12,17-18H3. The van der Waals surface area contributed by atoms with Gasteiger partial charge in [0.15, 0.2) is 0 Å². The van der Waals surface area contributed by atoms with Crippen LogP contribution in [0.5, 0.6) is 0 Å². The smallest absolute Gasteiger partial charge is 0.256 e. The molecule has 14 heteroatoms. The average Bonchev–Trinajstić information content (AvgIpc) is 2.72. The molecule has 0 amide bonds. The van der Waals surface area contributed by atoms with Crippen molar-refractivity contribution in [2.24, 2.45) is 0 Å². The zero-order chi connectivity index (χ0) is 38.2. The van der Waals surface area contributed by atoms with E-state index in [0.717, 1.165) is 15.1 Å². The topological polar surface area (TPSA) is 48.1 Å². The van der Waals surface area contributed by atoms with Crippen molar-refractivity contribution in [1.82, 2.24) is 20.0 Å². The SMILES string of the molecule is [BH3-][P+](NBN[P+]([BH3-])(C(C)(C)C)C(C)(C)C)(C(C)(C)C)C(C)(C)C.[BH3-][P+](NBN[P+]([BH3-])(C(C)(C)C)C(C)(C)C)(C(C)(C)C)C(C)(C)C. The maximum atomic E-state index is 4.15. The summed E-state index contributed by atoms with van der Waals surface area (Å²) in [5.74, 6) is 0. The van der Waals surface area contributed by atoms with Crippen molar-refractivity contribution in [3.05, 3.63) is 0 Å². The van der Waals surface area contributed by atoms with E-state index < -0.39 is 29.2 Å². The van der Waals surface area contributed by atoms with Crippen LogP contribution in [-0.2, 0) is 0 Å². The van der Waals surface area contributed by atoms with Crippen molar-refractivity contribution in [1.29, 1.82) is 0 Å². The van der Waals surface area contributed by atoms with Crippen LogP contribution in [-0.4, -0.2) is 86.6 Å². The Morgan fingerprint density at radius 2 is 0.348 bits per heavy atom. The summed E-state index contributed by atoms with van der Waals surface area (Å²) in [6.07, 6.45) is 0. The highest BCUT2D eigenvalue weighted by atomic mass is 31.2. The summed E-state index contributed by atoms with van der Waals surface area (Å²) in [5.41, 5.74) is 0. The summed E-state index contributed by atoms with van der Waals surface area (Å²) in [6, 6.07) is 0. The Morgan fingerprint density at radius 3 is 0.413 bits per heavy atom. The zero-order valence-corrected chi connectivity index (χ0v) is 36.8. The highest BCUT2D eigenvalue weighted by Gasteiger charge is 2.52. The minimum absolute atomic E-state index is 0.262. The maximum absolute atomic E-state index is 4.15. The molecule has 0 aromatic heterocycles. The van der Waals surface area contributed by atoms with Gasteiger partial charge in [-0.15, -0.1) is 0 Å². The Morgan fingerprint density at radius 1 is 0.261 bits per heavy atom. The third-order valence-electron chi connectivity index (χ3n) is 6.32. The Balaban J connectivity index is 0. The first kappa shape index (κ1) is 50.1. The van der Waals surface area contributed by atoms with E-state index in [2.05, 4.69) is 186 Å². The van der Waals surface area contributed by atoms with E-state index in [4.69, 9.17) is 0 Å². The van der Waals surface area contributed by atoms with E-state index in [9.17, 15) is 0 Å². The van der Waals surface area contributed by atoms with Gasteiger partial charge in [0.05, 0.1) is 0 Å². The van der Waals surface area contributed by atoms with Crippen molar-refractivity contribution >= 4 is 74.5 Å². The van der Waals surface area contributed by atoms with Crippen LogP contribution in [0, 0.1) is 0 Å². The minimum atomic E-state index is -1.04. The summed E-state index contributed by atoms with van der Waals surface area (Å²) in [5, 5.41) is 3.43. The second-order valence-corrected chi connectivity index (χ2v) is 34.4. The summed E-state index contributed by atoms with van der Waals surface area (Å²) < 4.78 is 0. The summed E-state index contributed by atoms with van der Waals surface area (Å²) in [4.78, 5) is 16.6. The fourth-order valence-electron chi connectivity index (χ4n) is 6.31. The van der Waals surface area contributed by atoms with Crippen LogP contribution in [0.3, 0.4) is 0 Å². The van der Waals surface area contributed by atoms with Gasteiger partial charge in [0.1, 0.15) is 30.3 Å². The van der Waals surface area contributed by atoms with Gasteiger partial charge in [-0.2, -0.15) is 0 Å². The Bertz CT molecular complexity index is 749. The van der Waals surface area contributed by atoms with Crippen molar-refractivity contribution in [3.63, 3.8) is 0 Å². The fourth-order valence-corrected chi connectivity index (χ4v) is 19.4. The normalized spacial score (nSPS) is 15.7. The van der Waals surface area contributed by atoms with Crippen LogP contribution in [0.1, 0.15) is 166 Å². The quantitative estimate of drug-likeness (QED) is 0.181. The largest absolute Gasteiger partial charge is 0.352 e. The molecule has 0 aliphatic heterocycles. The molecule has 0 rings (SSSR count). The monoisotopic (exact) mass is 721 g/mol. The van der Waals surface area contributed by atoms with Crippen LogP contribution in [0.4, 0.5) is 0 Å². The highest BCUT2D eigenvalue weighted by molar-refractivity contribution is 8.01.